The number of esters is 3. The second-order valence-electron chi connectivity index (χ2n) is 21.3. The summed E-state index contributed by atoms with van der Waals surface area (Å²) in [7, 11) is 0. The summed E-state index contributed by atoms with van der Waals surface area (Å²) in [6, 6.07) is 0. The van der Waals surface area contributed by atoms with E-state index >= 15 is 0 Å². The number of hydrogen-bond donors (Lipinski definition) is 0. The minimum atomic E-state index is -0.824. The summed E-state index contributed by atoms with van der Waals surface area (Å²) in [6.45, 7) is 6.35. The minimum Gasteiger partial charge on any atom is -0.462 e. The lowest BCUT2D eigenvalue weighted by Crippen LogP contribution is -2.30. The van der Waals surface area contributed by atoms with Gasteiger partial charge in [-0.3, -0.25) is 14.4 Å². The van der Waals surface area contributed by atoms with E-state index in [4.69, 9.17) is 14.2 Å². The molecular weight excluding hydrogens is 1010 g/mol. The zero-order valence-corrected chi connectivity index (χ0v) is 52.7. The normalized spacial score (nSPS) is 13.3. The van der Waals surface area contributed by atoms with Crippen LogP contribution in [0.5, 0.6) is 0 Å². The van der Waals surface area contributed by atoms with Crippen molar-refractivity contribution in [3.8, 4) is 0 Å². The molecule has 0 aliphatic heterocycles. The molecule has 1 unspecified atom stereocenters. The maximum atomic E-state index is 12.9. The molecule has 1 atom stereocenters. The van der Waals surface area contributed by atoms with E-state index in [9.17, 15) is 14.4 Å². The first-order chi connectivity index (χ1) is 40.5. The molecule has 0 aliphatic carbocycles. The van der Waals surface area contributed by atoms with Gasteiger partial charge in [-0.25, -0.2) is 0 Å². The van der Waals surface area contributed by atoms with Crippen molar-refractivity contribution in [3.63, 3.8) is 0 Å². The van der Waals surface area contributed by atoms with Gasteiger partial charge < -0.3 is 14.2 Å². The van der Waals surface area contributed by atoms with Crippen LogP contribution in [0.15, 0.2) is 170 Å². The lowest BCUT2D eigenvalue weighted by atomic mass is 10.0. The van der Waals surface area contributed by atoms with Gasteiger partial charge in [-0.2, -0.15) is 0 Å². The predicted molar refractivity (Wildman–Crippen MR) is 357 cm³/mol. The molecule has 0 aromatic carbocycles. The van der Waals surface area contributed by atoms with Crippen molar-refractivity contribution >= 4 is 17.9 Å². The monoisotopic (exact) mass is 1130 g/mol. The minimum absolute atomic E-state index is 0.111. The summed E-state index contributed by atoms with van der Waals surface area (Å²) < 4.78 is 16.9. The zero-order valence-electron chi connectivity index (χ0n) is 52.7. The van der Waals surface area contributed by atoms with Crippen molar-refractivity contribution < 1.29 is 28.6 Å². The Balaban J connectivity index is 4.41. The van der Waals surface area contributed by atoms with Gasteiger partial charge in [-0.1, -0.05) is 294 Å². The van der Waals surface area contributed by atoms with Crippen LogP contribution >= 0.6 is 0 Å². The molecule has 0 spiro atoms. The average Bonchev–Trinajstić information content (AvgIpc) is 3.47. The Bertz CT molecular complexity index is 1870. The van der Waals surface area contributed by atoms with Crippen molar-refractivity contribution in [3.05, 3.63) is 170 Å². The Morgan fingerprint density at radius 3 is 0.780 bits per heavy atom. The quantitative estimate of drug-likeness (QED) is 0.0261. The van der Waals surface area contributed by atoms with E-state index in [1.165, 1.54) is 70.6 Å². The van der Waals surface area contributed by atoms with Gasteiger partial charge in [0, 0.05) is 19.3 Å². The number of carbonyl (C=O) groups is 3. The van der Waals surface area contributed by atoms with Crippen LogP contribution in [0, 0.1) is 0 Å². The SMILES string of the molecule is CC/C=C\C/C=C\C/C=C\C/C=C\C/C=C\C/C=C\C/C=C\C/C=C\C/C=C\CCCCCCCC(=O)OCC(COC(=O)CCCCCCCCCCCCCCCC)OC(=O)CCC/C=C\C/C=C\C/C=C\C/C=C\C/C=C\CC. The summed E-state index contributed by atoms with van der Waals surface area (Å²) in [4.78, 5) is 38.3. The van der Waals surface area contributed by atoms with Gasteiger partial charge in [-0.05, 0) is 128 Å². The van der Waals surface area contributed by atoms with Crippen LogP contribution in [-0.2, 0) is 28.6 Å². The summed E-state index contributed by atoms with van der Waals surface area (Å²) in [5.41, 5.74) is 0. The first-order valence-corrected chi connectivity index (χ1v) is 33.1. The molecular formula is C76H120O6. The van der Waals surface area contributed by atoms with Crippen molar-refractivity contribution in [1.82, 2.24) is 0 Å². The third kappa shape index (κ3) is 65.6. The second kappa shape index (κ2) is 68.3. The number of unbranched alkanes of at least 4 members (excludes halogenated alkanes) is 19. The molecule has 82 heavy (non-hydrogen) atoms. The maximum Gasteiger partial charge on any atom is 0.306 e. The summed E-state index contributed by atoms with van der Waals surface area (Å²) >= 11 is 0. The van der Waals surface area contributed by atoms with E-state index in [0.717, 1.165) is 154 Å². The lowest BCUT2D eigenvalue weighted by Gasteiger charge is -2.18. The third-order valence-corrected chi connectivity index (χ3v) is 13.5. The van der Waals surface area contributed by atoms with E-state index < -0.39 is 6.10 Å². The highest BCUT2D eigenvalue weighted by molar-refractivity contribution is 5.71. The van der Waals surface area contributed by atoms with E-state index in [-0.39, 0.29) is 37.5 Å². The molecule has 0 fully saturated rings. The number of allylic oxidation sites excluding steroid dienone is 28. The van der Waals surface area contributed by atoms with E-state index in [1.807, 2.05) is 0 Å². The number of rotatable bonds is 58. The van der Waals surface area contributed by atoms with Crippen molar-refractivity contribution in [2.75, 3.05) is 13.2 Å². The Morgan fingerprint density at radius 1 is 0.256 bits per heavy atom. The molecule has 0 bridgehead atoms. The van der Waals surface area contributed by atoms with Gasteiger partial charge >= 0.3 is 17.9 Å². The molecule has 0 radical (unpaired) electrons. The molecule has 460 valence electrons. The Morgan fingerprint density at radius 2 is 0.488 bits per heavy atom. The van der Waals surface area contributed by atoms with Gasteiger partial charge in [0.25, 0.3) is 0 Å². The maximum absolute atomic E-state index is 12.9. The fraction of sp³-hybridized carbons (Fsp3) is 0.592. The zero-order chi connectivity index (χ0) is 59.2. The van der Waals surface area contributed by atoms with Crippen LogP contribution in [0.1, 0.15) is 271 Å². The first-order valence-electron chi connectivity index (χ1n) is 33.1. The highest BCUT2D eigenvalue weighted by Gasteiger charge is 2.19. The van der Waals surface area contributed by atoms with E-state index in [1.54, 1.807) is 0 Å². The fourth-order valence-corrected chi connectivity index (χ4v) is 8.59. The van der Waals surface area contributed by atoms with Gasteiger partial charge in [-0.15, -0.1) is 0 Å². The molecule has 6 nitrogen and oxygen atoms in total. The first kappa shape index (κ1) is 76.8. The Kier molecular flexibility index (Phi) is 63.9. The van der Waals surface area contributed by atoms with E-state index in [0.29, 0.717) is 19.3 Å². The third-order valence-electron chi connectivity index (χ3n) is 13.5. The summed E-state index contributed by atoms with van der Waals surface area (Å²) in [5.74, 6) is -0.992. The molecule has 6 heteroatoms. The molecule has 0 saturated carbocycles. The highest BCUT2D eigenvalue weighted by atomic mass is 16.6. The Labute approximate surface area is 504 Å². The van der Waals surface area contributed by atoms with Crippen LogP contribution < -0.4 is 0 Å². The fourth-order valence-electron chi connectivity index (χ4n) is 8.59. The standard InChI is InChI=1S/C76H120O6/c1-4-7-10-13-16-19-22-25-28-30-31-32-33-34-35-36-37-38-39-40-41-42-43-44-45-47-48-51-54-57-60-63-66-69-75(78)81-72-73(71-80-74(77)68-65-62-59-56-53-50-27-24-21-18-15-12-9-6-3)82-76(79)70-67-64-61-58-55-52-49-46-29-26-23-20-17-14-11-8-5-2/h7-8,10-11,16-17,19-20,25-26,28-29,31-32,34-35,37-38,40-41,43-44,47-49,52,58,61,73H,4-6,9,12-15,18,21-24,27,30,33,36,39,42,45-46,50-51,53-57,59-60,62-72H2,1-3H3/b10-7-,11-8-,19-16-,20-17-,28-25-,29-26-,32-31-,35-34-,38-37-,41-40-,44-43-,48-47-,52-49-,61-58-. The molecule has 0 amide bonds. The molecule has 0 rings (SSSR count). The van der Waals surface area contributed by atoms with Gasteiger partial charge in [0.2, 0.25) is 0 Å². The van der Waals surface area contributed by atoms with Crippen molar-refractivity contribution in [2.24, 2.45) is 0 Å². The van der Waals surface area contributed by atoms with Crippen LogP contribution in [0.2, 0.25) is 0 Å². The highest BCUT2D eigenvalue weighted by Crippen LogP contribution is 2.15. The van der Waals surface area contributed by atoms with Crippen LogP contribution in [0.3, 0.4) is 0 Å². The van der Waals surface area contributed by atoms with Gasteiger partial charge in [0.15, 0.2) is 6.10 Å². The topological polar surface area (TPSA) is 78.9 Å². The Hall–Kier alpha value is -5.23. The number of hydrogen-bond acceptors (Lipinski definition) is 6. The van der Waals surface area contributed by atoms with Crippen molar-refractivity contribution in [2.45, 2.75) is 277 Å². The largest absolute Gasteiger partial charge is 0.462 e. The predicted octanol–water partition coefficient (Wildman–Crippen LogP) is 23.0. The smallest absolute Gasteiger partial charge is 0.306 e. The molecule has 0 N–H and O–H groups in total. The molecule has 0 heterocycles. The number of ether oxygens (including phenoxy) is 3. The molecule has 0 aliphatic rings. The van der Waals surface area contributed by atoms with E-state index in [2.05, 4.69) is 191 Å². The summed E-state index contributed by atoms with van der Waals surface area (Å²) in [6.07, 6.45) is 101. The van der Waals surface area contributed by atoms with Crippen molar-refractivity contribution in [1.29, 1.82) is 0 Å². The summed E-state index contributed by atoms with van der Waals surface area (Å²) in [5, 5.41) is 0. The van der Waals surface area contributed by atoms with Crippen LogP contribution in [0.4, 0.5) is 0 Å². The second-order valence-corrected chi connectivity index (χ2v) is 21.3. The average molecular weight is 1130 g/mol. The lowest BCUT2D eigenvalue weighted by molar-refractivity contribution is -0.167. The van der Waals surface area contributed by atoms with Crippen LogP contribution in [-0.4, -0.2) is 37.2 Å². The molecule has 0 saturated heterocycles. The van der Waals surface area contributed by atoms with Crippen LogP contribution in [0.25, 0.3) is 0 Å². The molecule has 0 aromatic rings. The van der Waals surface area contributed by atoms with Gasteiger partial charge in [0.1, 0.15) is 13.2 Å². The number of carbonyl (C=O) groups excluding carboxylic acids is 3. The molecule has 0 aromatic heterocycles. The van der Waals surface area contributed by atoms with Gasteiger partial charge in [0.05, 0.1) is 0 Å².